The van der Waals surface area contributed by atoms with E-state index in [0.717, 1.165) is 10.9 Å². The van der Waals surface area contributed by atoms with Gasteiger partial charge in [-0.2, -0.15) is 0 Å². The van der Waals surface area contributed by atoms with Crippen LogP contribution in [0.5, 0.6) is 17.4 Å². The molecule has 2 aromatic heterocycles. The zero-order chi connectivity index (χ0) is 21.6. The maximum Gasteiger partial charge on any atom is 0.418 e. The number of rotatable bonds is 5. The van der Waals surface area contributed by atoms with Crippen LogP contribution in [-0.2, 0) is 0 Å². The maximum absolute atomic E-state index is 12.6. The molecule has 0 atom stereocenters. The van der Waals surface area contributed by atoms with Gasteiger partial charge in [0.25, 0.3) is 0 Å². The second-order valence-electron chi connectivity index (χ2n) is 6.52. The van der Waals surface area contributed by atoms with E-state index in [1.54, 1.807) is 42.5 Å². The largest absolute Gasteiger partial charge is 0.440 e. The summed E-state index contributed by atoms with van der Waals surface area (Å²) < 4.78 is 12.6. The Bertz CT molecular complexity index is 1220. The summed E-state index contributed by atoms with van der Waals surface area (Å²) in [6.07, 6.45) is 0.819. The molecule has 0 saturated heterocycles. The number of carbonyl (C=O) groups excluding carboxylic acids is 2. The second kappa shape index (κ2) is 9.00. The zero-order valence-corrected chi connectivity index (χ0v) is 16.7. The molecule has 31 heavy (non-hydrogen) atoms. The third-order valence-electron chi connectivity index (χ3n) is 4.35. The van der Waals surface area contributed by atoms with E-state index in [1.165, 1.54) is 10.8 Å². The van der Waals surface area contributed by atoms with Crippen LogP contribution in [-0.4, -0.2) is 28.2 Å². The quantitative estimate of drug-likeness (QED) is 0.477. The number of aromatic nitrogens is 2. The number of nitrogens with zero attached hydrogens (tertiary/aromatic N) is 2. The summed E-state index contributed by atoms with van der Waals surface area (Å²) in [4.78, 5) is 28.8. The number of pyridine rings is 1. The van der Waals surface area contributed by atoms with Gasteiger partial charge in [0.15, 0.2) is 0 Å². The molecular weight excluding hydrogens is 396 g/mol. The van der Waals surface area contributed by atoms with Gasteiger partial charge < -0.3 is 14.8 Å². The Labute approximate surface area is 178 Å². The molecule has 0 bridgehead atoms. The minimum absolute atomic E-state index is 0.249. The van der Waals surface area contributed by atoms with E-state index < -0.39 is 6.09 Å². The first-order valence-corrected chi connectivity index (χ1v) is 9.70. The van der Waals surface area contributed by atoms with E-state index in [4.69, 9.17) is 9.47 Å². The molecule has 0 fully saturated rings. The van der Waals surface area contributed by atoms with Crippen molar-refractivity contribution in [3.05, 3.63) is 79.0 Å². The lowest BCUT2D eigenvalue weighted by Crippen LogP contribution is -2.28. The molecule has 2 heterocycles. The normalized spacial score (nSPS) is 10.5. The van der Waals surface area contributed by atoms with Crippen LogP contribution in [0.4, 0.5) is 15.4 Å². The number of fused-ring (bicyclic) bond motifs is 1. The SMILES string of the molecule is CCNC(=O)n1c(Oc2ccnc(NC(=O)Oc3ccccc3)c2)cc2ccccc21. The number of hydrogen-bond acceptors (Lipinski definition) is 5. The van der Waals surface area contributed by atoms with Gasteiger partial charge in [-0.1, -0.05) is 36.4 Å². The highest BCUT2D eigenvalue weighted by molar-refractivity contribution is 5.94. The van der Waals surface area contributed by atoms with Crippen LogP contribution in [0.2, 0.25) is 0 Å². The van der Waals surface area contributed by atoms with E-state index in [9.17, 15) is 9.59 Å². The number of para-hydroxylation sites is 2. The molecule has 0 aliphatic rings. The molecule has 2 amide bonds. The first-order chi connectivity index (χ1) is 15.1. The number of benzene rings is 2. The van der Waals surface area contributed by atoms with Crippen molar-refractivity contribution in [3.8, 4) is 17.4 Å². The van der Waals surface area contributed by atoms with Gasteiger partial charge >= 0.3 is 12.1 Å². The number of ether oxygens (including phenoxy) is 2. The van der Waals surface area contributed by atoms with Crippen molar-refractivity contribution >= 4 is 28.8 Å². The van der Waals surface area contributed by atoms with E-state index in [0.29, 0.717) is 23.9 Å². The lowest BCUT2D eigenvalue weighted by molar-refractivity contribution is 0.215. The third kappa shape index (κ3) is 4.64. The van der Waals surface area contributed by atoms with Gasteiger partial charge in [-0.25, -0.2) is 19.1 Å². The highest BCUT2D eigenvalue weighted by Crippen LogP contribution is 2.30. The molecule has 4 aromatic rings. The summed E-state index contributed by atoms with van der Waals surface area (Å²) in [7, 11) is 0. The second-order valence-corrected chi connectivity index (χ2v) is 6.52. The smallest absolute Gasteiger partial charge is 0.418 e. The molecular formula is C23H20N4O4. The Morgan fingerprint density at radius 2 is 1.74 bits per heavy atom. The Kier molecular flexibility index (Phi) is 5.79. The molecule has 0 saturated carbocycles. The summed E-state index contributed by atoms with van der Waals surface area (Å²) >= 11 is 0. The Morgan fingerprint density at radius 3 is 2.55 bits per heavy atom. The molecule has 156 valence electrons. The fourth-order valence-electron chi connectivity index (χ4n) is 3.03. The molecule has 0 aliphatic carbocycles. The van der Waals surface area contributed by atoms with Crippen LogP contribution in [0.15, 0.2) is 79.0 Å². The van der Waals surface area contributed by atoms with Gasteiger partial charge in [-0.15, -0.1) is 0 Å². The van der Waals surface area contributed by atoms with Crippen molar-refractivity contribution in [1.82, 2.24) is 14.9 Å². The van der Waals surface area contributed by atoms with Crippen LogP contribution in [0.25, 0.3) is 10.9 Å². The van der Waals surface area contributed by atoms with Gasteiger partial charge in [0.2, 0.25) is 5.88 Å². The minimum Gasteiger partial charge on any atom is -0.440 e. The summed E-state index contributed by atoms with van der Waals surface area (Å²) in [6.45, 7) is 2.33. The fraction of sp³-hybridized carbons (Fsp3) is 0.0870. The molecule has 2 N–H and O–H groups in total. The number of hydrogen-bond donors (Lipinski definition) is 2. The van der Waals surface area contributed by atoms with Crippen molar-refractivity contribution in [1.29, 1.82) is 0 Å². The van der Waals surface area contributed by atoms with Gasteiger partial charge in [-0.05, 0) is 31.2 Å². The van der Waals surface area contributed by atoms with Gasteiger partial charge in [0.1, 0.15) is 17.3 Å². The molecule has 8 heteroatoms. The standard InChI is InChI=1S/C23H20N4O4/c1-2-24-22(28)27-19-11-7-6-8-16(19)14-21(27)30-18-12-13-25-20(15-18)26-23(29)31-17-9-4-3-5-10-17/h3-15H,2H2,1H3,(H,24,28)(H,25,26,29). The molecule has 8 nitrogen and oxygen atoms in total. The topological polar surface area (TPSA) is 94.5 Å². The summed E-state index contributed by atoms with van der Waals surface area (Å²) in [5.41, 5.74) is 0.724. The molecule has 0 radical (unpaired) electrons. The van der Waals surface area contributed by atoms with Crippen LogP contribution in [0.3, 0.4) is 0 Å². The van der Waals surface area contributed by atoms with Crippen LogP contribution in [0.1, 0.15) is 6.92 Å². The Hall–Kier alpha value is -4.33. The monoisotopic (exact) mass is 416 g/mol. The average Bonchev–Trinajstić information content (AvgIpc) is 3.12. The highest BCUT2D eigenvalue weighted by Gasteiger charge is 2.16. The maximum atomic E-state index is 12.6. The molecule has 0 aliphatic heterocycles. The van der Waals surface area contributed by atoms with Gasteiger partial charge in [-0.3, -0.25) is 5.32 Å². The predicted molar refractivity (Wildman–Crippen MR) is 117 cm³/mol. The number of anilines is 1. The first kappa shape index (κ1) is 20.0. The first-order valence-electron chi connectivity index (χ1n) is 9.70. The van der Waals surface area contributed by atoms with Crippen molar-refractivity contribution in [2.75, 3.05) is 11.9 Å². The minimum atomic E-state index is -0.674. The van der Waals surface area contributed by atoms with Crippen molar-refractivity contribution in [3.63, 3.8) is 0 Å². The van der Waals surface area contributed by atoms with Crippen molar-refractivity contribution < 1.29 is 19.1 Å². The number of carbonyl (C=O) groups is 2. The summed E-state index contributed by atoms with van der Waals surface area (Å²) in [6, 6.07) is 20.9. The van der Waals surface area contributed by atoms with E-state index >= 15 is 0 Å². The van der Waals surface area contributed by atoms with Gasteiger partial charge in [0.05, 0.1) is 5.52 Å². The fourth-order valence-corrected chi connectivity index (χ4v) is 3.03. The van der Waals surface area contributed by atoms with Crippen molar-refractivity contribution in [2.24, 2.45) is 0 Å². The van der Waals surface area contributed by atoms with E-state index in [-0.39, 0.29) is 11.8 Å². The Morgan fingerprint density at radius 1 is 0.968 bits per heavy atom. The Balaban J connectivity index is 1.55. The third-order valence-corrected chi connectivity index (χ3v) is 4.35. The van der Waals surface area contributed by atoms with E-state index in [1.807, 2.05) is 37.3 Å². The summed E-state index contributed by atoms with van der Waals surface area (Å²) in [5, 5.41) is 6.21. The lowest BCUT2D eigenvalue weighted by atomic mass is 10.2. The summed E-state index contributed by atoms with van der Waals surface area (Å²) in [5.74, 6) is 1.41. The van der Waals surface area contributed by atoms with Crippen LogP contribution in [0, 0.1) is 0 Å². The molecule has 0 spiro atoms. The molecule has 0 unspecified atom stereocenters. The number of amides is 2. The molecule has 2 aromatic carbocycles. The van der Waals surface area contributed by atoms with Crippen LogP contribution < -0.4 is 20.1 Å². The average molecular weight is 416 g/mol. The molecule has 4 rings (SSSR count). The lowest BCUT2D eigenvalue weighted by Gasteiger charge is -2.11. The highest BCUT2D eigenvalue weighted by atomic mass is 16.6. The van der Waals surface area contributed by atoms with Crippen molar-refractivity contribution in [2.45, 2.75) is 6.92 Å². The van der Waals surface area contributed by atoms with Gasteiger partial charge in [0, 0.05) is 30.3 Å². The number of nitrogens with one attached hydrogen (secondary N) is 2. The van der Waals surface area contributed by atoms with E-state index in [2.05, 4.69) is 15.6 Å². The van der Waals surface area contributed by atoms with Crippen LogP contribution >= 0.6 is 0 Å². The predicted octanol–water partition coefficient (Wildman–Crippen LogP) is 5.02. The zero-order valence-electron chi connectivity index (χ0n) is 16.7.